The van der Waals surface area contributed by atoms with Crippen LogP contribution < -0.4 is 5.32 Å². The Balaban J connectivity index is 1.45. The van der Waals surface area contributed by atoms with E-state index in [1.165, 1.54) is 5.57 Å². The number of nitrogens with zero attached hydrogens (tertiary/aromatic N) is 2. The van der Waals surface area contributed by atoms with E-state index in [9.17, 15) is 24.6 Å². The number of fused-ring (bicyclic) bond motifs is 7. The molecule has 314 valence electrons. The zero-order chi connectivity index (χ0) is 41.6. The largest absolute Gasteiger partial charge is 0.481 e. The summed E-state index contributed by atoms with van der Waals surface area (Å²) in [7, 11) is 1.95. The normalized spacial score (nSPS) is 36.2. The van der Waals surface area contributed by atoms with Crippen LogP contribution >= 0.6 is 0 Å². The van der Waals surface area contributed by atoms with E-state index in [1.54, 1.807) is 13.8 Å². The van der Waals surface area contributed by atoms with Gasteiger partial charge in [0.25, 0.3) is 0 Å². The smallest absolute Gasteiger partial charge is 0.309 e. The highest BCUT2D eigenvalue weighted by Gasteiger charge is 2.71. The second-order valence-corrected chi connectivity index (χ2v) is 20.8. The van der Waals surface area contributed by atoms with Gasteiger partial charge in [-0.1, -0.05) is 66.2 Å². The third-order valence-corrected chi connectivity index (χ3v) is 16.7. The van der Waals surface area contributed by atoms with Crippen LogP contribution in [0, 0.1) is 56.2 Å². The van der Waals surface area contributed by atoms with Crippen LogP contribution in [0.3, 0.4) is 0 Å². The molecule has 0 saturated heterocycles. The Kier molecular flexibility index (Phi) is 12.9. The molecule has 0 spiro atoms. The summed E-state index contributed by atoms with van der Waals surface area (Å²) in [4.78, 5) is 45.8. The lowest BCUT2D eigenvalue weighted by molar-refractivity contribution is -0.235. The molecule has 0 aliphatic heterocycles. The summed E-state index contributed by atoms with van der Waals surface area (Å²) in [6, 6.07) is 0. The van der Waals surface area contributed by atoms with Gasteiger partial charge in [0.2, 0.25) is 0 Å². The number of esters is 1. The monoisotopic (exact) mass is 778 g/mol. The molecule has 5 rings (SSSR count). The van der Waals surface area contributed by atoms with E-state index in [2.05, 4.69) is 70.4 Å². The fourth-order valence-electron chi connectivity index (χ4n) is 13.4. The summed E-state index contributed by atoms with van der Waals surface area (Å²) >= 11 is 0. The number of aliphatic carboxylic acids is 1. The Morgan fingerprint density at radius 3 is 2.34 bits per heavy atom. The first-order valence-corrected chi connectivity index (χ1v) is 21.6. The number of ketones is 1. The Labute approximate surface area is 338 Å². The summed E-state index contributed by atoms with van der Waals surface area (Å²) in [6.07, 6.45) is 13.0. The van der Waals surface area contributed by atoms with Gasteiger partial charge in [-0.15, -0.1) is 0 Å². The molecule has 0 radical (unpaired) electrons. The van der Waals surface area contributed by atoms with Gasteiger partial charge in [0, 0.05) is 43.4 Å². The van der Waals surface area contributed by atoms with Crippen LogP contribution in [0.4, 0.5) is 0 Å². The minimum Gasteiger partial charge on any atom is -0.481 e. The van der Waals surface area contributed by atoms with Crippen LogP contribution in [0.5, 0.6) is 0 Å². The number of allylic oxidation sites excluding steroid dienone is 4. The first-order valence-electron chi connectivity index (χ1n) is 21.6. The van der Waals surface area contributed by atoms with Crippen molar-refractivity contribution in [3.05, 3.63) is 35.1 Å². The molecule has 4 saturated carbocycles. The van der Waals surface area contributed by atoms with Gasteiger partial charge in [-0.05, 0) is 137 Å². The highest BCUT2D eigenvalue weighted by Crippen LogP contribution is 2.77. The van der Waals surface area contributed by atoms with E-state index in [4.69, 9.17) is 4.74 Å². The quantitative estimate of drug-likeness (QED) is 0.0860. The lowest BCUT2D eigenvalue weighted by Crippen LogP contribution is -2.66. The van der Waals surface area contributed by atoms with Gasteiger partial charge in [-0.2, -0.15) is 0 Å². The van der Waals surface area contributed by atoms with Crippen LogP contribution in [-0.4, -0.2) is 85.0 Å². The maximum Gasteiger partial charge on any atom is 0.309 e. The van der Waals surface area contributed by atoms with Gasteiger partial charge in [0.1, 0.15) is 6.10 Å². The van der Waals surface area contributed by atoms with Crippen molar-refractivity contribution in [1.82, 2.24) is 10.2 Å². The van der Waals surface area contributed by atoms with E-state index in [0.29, 0.717) is 31.3 Å². The molecule has 0 bridgehead atoms. The van der Waals surface area contributed by atoms with Crippen LogP contribution in [0.1, 0.15) is 133 Å². The van der Waals surface area contributed by atoms with Crippen LogP contribution in [0.15, 0.2) is 40.1 Å². The Morgan fingerprint density at radius 1 is 1.04 bits per heavy atom. The van der Waals surface area contributed by atoms with E-state index < -0.39 is 28.9 Å². The van der Waals surface area contributed by atoms with Crippen LogP contribution in [0.25, 0.3) is 0 Å². The number of carboxylic acid groups (broad SMARTS) is 1. The standard InChI is InChI=1S/C47H75N3O6/c1-13-14-15-31(49-12)28-50(25-24-48-11)29-36(52)47-23-22-45(9)32(40(47)39(30(2)3)33(51)26-47)16-17-35-44(8)20-19-37(56-38(53)27-42(4,5)41(54)55)43(6,7)34(44)18-21-46(35,45)10/h13-15,30,32,34-37,48,52H,12,16-29H2,1-11H3,(H,54,55)/b14-13-,31-15-/t32-,34+,35-,36+,37+,44+,45-,46-,47+/m1/s1. The van der Waals surface area contributed by atoms with Gasteiger partial charge in [0.05, 0.1) is 23.6 Å². The van der Waals surface area contributed by atoms with Gasteiger partial charge < -0.3 is 20.3 Å². The zero-order valence-corrected chi connectivity index (χ0v) is 36.7. The second kappa shape index (κ2) is 16.2. The molecule has 0 amide bonds. The average Bonchev–Trinajstić information content (AvgIpc) is 3.43. The van der Waals surface area contributed by atoms with Gasteiger partial charge in [-0.25, -0.2) is 0 Å². The van der Waals surface area contributed by atoms with Crippen molar-refractivity contribution in [2.75, 3.05) is 33.2 Å². The van der Waals surface area contributed by atoms with Crippen molar-refractivity contribution in [2.45, 2.75) is 146 Å². The lowest BCUT2D eigenvalue weighted by atomic mass is 9.33. The number of likely N-dealkylation sites (N-methyl/N-ethyl adjacent to an activating group) is 1. The molecule has 5 aliphatic carbocycles. The first kappa shape index (κ1) is 44.5. The molecule has 0 heterocycles. The van der Waals surface area contributed by atoms with E-state index in [1.807, 2.05) is 32.2 Å². The Bertz CT molecular complexity index is 1630. The van der Waals surface area contributed by atoms with Crippen molar-refractivity contribution in [2.24, 2.45) is 61.2 Å². The average molecular weight is 778 g/mol. The number of aliphatic imine (C=N–C) groups is 1. The lowest BCUT2D eigenvalue weighted by Gasteiger charge is -2.72. The maximum atomic E-state index is 14.3. The van der Waals surface area contributed by atoms with E-state index in [0.717, 1.165) is 75.7 Å². The predicted molar refractivity (Wildman–Crippen MR) is 224 cm³/mol. The number of rotatable bonds is 15. The molecule has 0 aromatic rings. The minimum absolute atomic E-state index is 0.0328. The third-order valence-electron chi connectivity index (χ3n) is 16.7. The maximum absolute atomic E-state index is 14.3. The van der Waals surface area contributed by atoms with Gasteiger partial charge >= 0.3 is 11.9 Å². The third kappa shape index (κ3) is 7.44. The highest BCUT2D eigenvalue weighted by molar-refractivity contribution is 6.00. The molecular formula is C47H75N3O6. The zero-order valence-electron chi connectivity index (χ0n) is 36.7. The number of hydrogen-bond acceptors (Lipinski definition) is 8. The summed E-state index contributed by atoms with van der Waals surface area (Å²) < 4.78 is 6.19. The predicted octanol–water partition coefficient (Wildman–Crippen LogP) is 8.42. The number of ether oxygens (including phenoxy) is 1. The van der Waals surface area contributed by atoms with Crippen molar-refractivity contribution in [3.8, 4) is 0 Å². The van der Waals surface area contributed by atoms with E-state index >= 15 is 0 Å². The molecule has 56 heavy (non-hydrogen) atoms. The molecule has 4 fully saturated rings. The SMILES string of the molecule is C=N/C(=C\C=C/C)CN(CCNC)C[C@H](O)[C@@]12CC[C@]3(C)[C@H](CC[C@@H]4[C@@]5(C)CC[C@H](OC(=O)CC(C)(C)C(=O)O)C(C)(C)[C@@H]5CC[C@]43C)C1=C(C(C)C)C(=O)C2. The Hall–Kier alpha value is -2.62. The molecule has 0 aromatic carbocycles. The number of aliphatic hydroxyl groups is 1. The number of Topliss-reactive ketones (excluding diaryl/α,β-unsaturated/α-hetero) is 1. The van der Waals surface area contributed by atoms with Crippen molar-refractivity contribution >= 4 is 24.4 Å². The number of carbonyl (C=O) groups is 3. The van der Waals surface area contributed by atoms with E-state index in [-0.39, 0.29) is 51.8 Å². The first-order chi connectivity index (χ1) is 26.1. The van der Waals surface area contributed by atoms with Gasteiger partial charge in [-0.3, -0.25) is 24.3 Å². The topological polar surface area (TPSA) is 129 Å². The number of nitrogens with one attached hydrogen (secondary N) is 1. The summed E-state index contributed by atoms with van der Waals surface area (Å²) in [5.41, 5.74) is 1.17. The van der Waals surface area contributed by atoms with Crippen molar-refractivity contribution in [3.63, 3.8) is 0 Å². The number of hydrogen-bond donors (Lipinski definition) is 3. The fraction of sp³-hybridized carbons (Fsp3) is 0.787. The Morgan fingerprint density at radius 2 is 1.73 bits per heavy atom. The number of carbonyl (C=O) groups excluding carboxylic acids is 2. The summed E-state index contributed by atoms with van der Waals surface area (Å²) in [6.45, 7) is 28.0. The van der Waals surface area contributed by atoms with Crippen molar-refractivity contribution < 1.29 is 29.3 Å². The van der Waals surface area contributed by atoms with Crippen LogP contribution in [0.2, 0.25) is 0 Å². The molecule has 9 heteroatoms. The summed E-state index contributed by atoms with van der Waals surface area (Å²) in [5.74, 6) is -0.0403. The molecule has 3 N–H and O–H groups in total. The fourth-order valence-corrected chi connectivity index (χ4v) is 13.4. The molecule has 9 atom stereocenters. The molecule has 9 nitrogen and oxygen atoms in total. The van der Waals surface area contributed by atoms with Crippen LogP contribution in [-0.2, 0) is 19.1 Å². The number of aliphatic hydroxyl groups excluding tert-OH is 1. The molecule has 0 aromatic heterocycles. The van der Waals surface area contributed by atoms with Crippen molar-refractivity contribution in [1.29, 1.82) is 0 Å². The minimum atomic E-state index is -1.17. The summed E-state index contributed by atoms with van der Waals surface area (Å²) in [5, 5.41) is 25.5. The molecular weight excluding hydrogens is 703 g/mol. The highest BCUT2D eigenvalue weighted by atomic mass is 16.5. The second-order valence-electron chi connectivity index (χ2n) is 20.8. The molecule has 0 unspecified atom stereocenters. The van der Waals surface area contributed by atoms with Gasteiger partial charge in [0.15, 0.2) is 5.78 Å². The number of carboxylic acids is 1. The molecule has 5 aliphatic rings.